The number of piperidine rings is 1. The molecule has 1 aliphatic rings. The van der Waals surface area contributed by atoms with Crippen LogP contribution in [0.4, 0.5) is 0 Å². The number of carbonyl (C=O) groups excluding carboxylic acids is 2. The van der Waals surface area contributed by atoms with Gasteiger partial charge in [0.15, 0.2) is 0 Å². The van der Waals surface area contributed by atoms with E-state index in [-0.39, 0.29) is 29.2 Å². The van der Waals surface area contributed by atoms with Crippen LogP contribution in [-0.2, 0) is 35.6 Å². The van der Waals surface area contributed by atoms with Gasteiger partial charge in [0.2, 0.25) is 5.91 Å². The molecule has 0 bridgehead atoms. The highest BCUT2D eigenvalue weighted by Crippen LogP contribution is 2.21. The lowest BCUT2D eigenvalue weighted by Crippen LogP contribution is -2.45. The molecule has 0 radical (unpaired) electrons. The second-order valence-corrected chi connectivity index (χ2v) is 12.8. The van der Waals surface area contributed by atoms with Crippen molar-refractivity contribution in [2.45, 2.75) is 37.9 Å². The minimum Gasteiger partial charge on any atom is -0.342 e. The standard InChI is InChI=1S/C17H27N3O5S3/c1-13(11-27(2,23)24)17(22)20-8-6-15(7-9-20)28(3,25)19-16(21)5-4-14-10-26-12-18-14/h10,12-13,15H,4-9,11H2,1-3H3. The Hall–Kier alpha value is -1.33. The highest BCUT2D eigenvalue weighted by atomic mass is 32.2. The Morgan fingerprint density at radius 3 is 2.46 bits per heavy atom. The molecule has 28 heavy (non-hydrogen) atoms. The van der Waals surface area contributed by atoms with Crippen molar-refractivity contribution in [3.8, 4) is 0 Å². The molecule has 1 aliphatic heterocycles. The molecule has 0 aromatic carbocycles. The van der Waals surface area contributed by atoms with Crippen LogP contribution in [0.3, 0.4) is 0 Å². The molecular formula is C17H27N3O5S3. The maximum atomic E-state index is 12.9. The van der Waals surface area contributed by atoms with Crippen LogP contribution in [0.5, 0.6) is 0 Å². The number of aromatic nitrogens is 1. The number of nitrogens with zero attached hydrogens (tertiary/aromatic N) is 3. The Labute approximate surface area is 170 Å². The van der Waals surface area contributed by atoms with E-state index < -0.39 is 25.5 Å². The van der Waals surface area contributed by atoms with Crippen LogP contribution in [0.1, 0.15) is 31.9 Å². The normalized spacial score (nSPS) is 19.0. The van der Waals surface area contributed by atoms with Gasteiger partial charge in [-0.25, -0.2) is 17.6 Å². The number of amides is 2. The molecule has 8 nitrogen and oxygen atoms in total. The number of carbonyl (C=O) groups is 2. The van der Waals surface area contributed by atoms with Gasteiger partial charge in [-0.3, -0.25) is 9.59 Å². The van der Waals surface area contributed by atoms with Crippen molar-refractivity contribution in [1.29, 1.82) is 0 Å². The van der Waals surface area contributed by atoms with E-state index in [4.69, 9.17) is 0 Å². The molecule has 2 amide bonds. The summed E-state index contributed by atoms with van der Waals surface area (Å²) in [6.45, 7) is 2.39. The van der Waals surface area contributed by atoms with Gasteiger partial charge in [-0.05, 0) is 19.3 Å². The second-order valence-electron chi connectivity index (χ2n) is 7.34. The fourth-order valence-corrected chi connectivity index (χ4v) is 6.64. The quantitative estimate of drug-likeness (QED) is 0.621. The molecule has 11 heteroatoms. The third-order valence-corrected chi connectivity index (χ3v) is 8.72. The lowest BCUT2D eigenvalue weighted by Gasteiger charge is -2.33. The molecule has 1 saturated heterocycles. The Morgan fingerprint density at radius 1 is 1.29 bits per heavy atom. The van der Waals surface area contributed by atoms with Gasteiger partial charge in [-0.2, -0.15) is 4.36 Å². The molecule has 0 spiro atoms. The molecule has 2 rings (SSSR count). The zero-order chi connectivity index (χ0) is 20.9. The van der Waals surface area contributed by atoms with Crippen molar-refractivity contribution in [2.24, 2.45) is 10.3 Å². The number of hydrogen-bond donors (Lipinski definition) is 0. The van der Waals surface area contributed by atoms with Crippen LogP contribution in [-0.4, -0.2) is 70.9 Å². The number of aryl methyl sites for hydroxylation is 1. The zero-order valence-electron chi connectivity index (χ0n) is 16.4. The van der Waals surface area contributed by atoms with Gasteiger partial charge in [0.1, 0.15) is 9.84 Å². The molecule has 1 aromatic rings. The van der Waals surface area contributed by atoms with Crippen molar-refractivity contribution in [2.75, 3.05) is 31.4 Å². The summed E-state index contributed by atoms with van der Waals surface area (Å²) in [5, 5.41) is 1.61. The van der Waals surface area contributed by atoms with E-state index in [2.05, 4.69) is 9.35 Å². The summed E-state index contributed by atoms with van der Waals surface area (Å²) in [4.78, 5) is 30.2. The smallest absolute Gasteiger partial charge is 0.254 e. The number of sulfone groups is 1. The largest absolute Gasteiger partial charge is 0.342 e. The molecule has 158 valence electrons. The Bertz CT molecular complexity index is 910. The van der Waals surface area contributed by atoms with Crippen LogP contribution in [0.25, 0.3) is 0 Å². The fourth-order valence-electron chi connectivity index (χ4n) is 3.27. The van der Waals surface area contributed by atoms with Crippen molar-refractivity contribution in [3.05, 3.63) is 16.6 Å². The summed E-state index contributed by atoms with van der Waals surface area (Å²) in [5.41, 5.74) is 2.53. The van der Waals surface area contributed by atoms with Gasteiger partial charge in [0.05, 0.1) is 26.7 Å². The second kappa shape index (κ2) is 9.45. The Morgan fingerprint density at radius 2 is 1.93 bits per heavy atom. The van der Waals surface area contributed by atoms with Crippen LogP contribution in [0.2, 0.25) is 0 Å². The average Bonchev–Trinajstić information content (AvgIpc) is 3.11. The number of likely N-dealkylation sites (tertiary alicyclic amines) is 1. The lowest BCUT2D eigenvalue weighted by molar-refractivity contribution is -0.135. The lowest BCUT2D eigenvalue weighted by atomic mass is 10.1. The van der Waals surface area contributed by atoms with Crippen LogP contribution in [0.15, 0.2) is 15.3 Å². The minimum absolute atomic E-state index is 0.175. The third kappa shape index (κ3) is 6.93. The highest BCUT2D eigenvalue weighted by Gasteiger charge is 2.31. The van der Waals surface area contributed by atoms with Gasteiger partial charge in [0, 0.05) is 48.6 Å². The first kappa shape index (κ1) is 23.0. The molecule has 1 fully saturated rings. The van der Waals surface area contributed by atoms with Gasteiger partial charge < -0.3 is 4.90 Å². The number of hydrogen-bond acceptors (Lipinski definition) is 7. The predicted octanol–water partition coefficient (Wildman–Crippen LogP) is 1.37. The molecule has 2 atom stereocenters. The first-order valence-corrected chi connectivity index (χ1v) is 14.0. The molecule has 2 heterocycles. The summed E-state index contributed by atoms with van der Waals surface area (Å²) >= 11 is 1.46. The van der Waals surface area contributed by atoms with Crippen LogP contribution >= 0.6 is 11.3 Å². The third-order valence-electron chi connectivity index (χ3n) is 4.71. The average molecular weight is 450 g/mol. The summed E-state index contributed by atoms with van der Waals surface area (Å²) in [6.07, 6.45) is 4.23. The molecular weight excluding hydrogens is 422 g/mol. The Kier molecular flexibility index (Phi) is 7.74. The van der Waals surface area contributed by atoms with E-state index in [0.29, 0.717) is 32.4 Å². The predicted molar refractivity (Wildman–Crippen MR) is 110 cm³/mol. The van der Waals surface area contributed by atoms with Crippen molar-refractivity contribution < 1.29 is 22.2 Å². The van der Waals surface area contributed by atoms with Crippen LogP contribution < -0.4 is 0 Å². The summed E-state index contributed by atoms with van der Waals surface area (Å²) in [6, 6.07) is 0. The summed E-state index contributed by atoms with van der Waals surface area (Å²) < 4.78 is 39.7. The van der Waals surface area contributed by atoms with E-state index in [1.165, 1.54) is 17.6 Å². The first-order valence-electron chi connectivity index (χ1n) is 9.05. The van der Waals surface area contributed by atoms with E-state index in [1.54, 1.807) is 17.3 Å². The highest BCUT2D eigenvalue weighted by molar-refractivity contribution is 7.93. The van der Waals surface area contributed by atoms with E-state index in [1.807, 2.05) is 5.38 Å². The topological polar surface area (TPSA) is 114 Å². The maximum absolute atomic E-state index is 12.9. The van der Waals surface area contributed by atoms with E-state index in [9.17, 15) is 22.2 Å². The molecule has 0 saturated carbocycles. The number of rotatable bonds is 7. The molecule has 0 N–H and O–H groups in total. The summed E-state index contributed by atoms with van der Waals surface area (Å²) in [7, 11) is -5.92. The van der Waals surface area contributed by atoms with E-state index >= 15 is 0 Å². The first-order chi connectivity index (χ1) is 13.0. The van der Waals surface area contributed by atoms with Crippen molar-refractivity contribution in [3.63, 3.8) is 0 Å². The van der Waals surface area contributed by atoms with Gasteiger partial charge >= 0.3 is 0 Å². The van der Waals surface area contributed by atoms with Crippen molar-refractivity contribution in [1.82, 2.24) is 9.88 Å². The SMILES string of the molecule is CC(CS(C)(=O)=O)C(=O)N1CCC(S(C)(=O)=NC(=O)CCc2cscn2)CC1. The Balaban J connectivity index is 1.90. The van der Waals surface area contributed by atoms with Gasteiger partial charge in [-0.1, -0.05) is 6.92 Å². The zero-order valence-corrected chi connectivity index (χ0v) is 18.8. The van der Waals surface area contributed by atoms with E-state index in [0.717, 1.165) is 11.9 Å². The molecule has 0 aliphatic carbocycles. The fraction of sp³-hybridized carbons (Fsp3) is 0.706. The molecule has 2 unspecified atom stereocenters. The van der Waals surface area contributed by atoms with Crippen molar-refractivity contribution >= 4 is 42.7 Å². The van der Waals surface area contributed by atoms with Gasteiger partial charge in [-0.15, -0.1) is 11.3 Å². The maximum Gasteiger partial charge on any atom is 0.254 e. The minimum atomic E-state index is -3.23. The number of thiazole rings is 1. The van der Waals surface area contributed by atoms with Gasteiger partial charge in [0.25, 0.3) is 5.91 Å². The monoisotopic (exact) mass is 449 g/mol. The van der Waals surface area contributed by atoms with Crippen LogP contribution in [0, 0.1) is 5.92 Å². The summed E-state index contributed by atoms with van der Waals surface area (Å²) in [5.74, 6) is -1.38. The molecule has 1 aromatic heterocycles.